The third-order valence-electron chi connectivity index (χ3n) is 4.32. The molecule has 2 aliphatic heterocycles. The van der Waals surface area contributed by atoms with E-state index in [1.54, 1.807) is 12.1 Å². The SMILES string of the molecule is CCN(CC)CCCn1c2nc(=O)[nH]c(=O)c-2nc2cc(Cl)ccc21. The second-order valence-corrected chi connectivity index (χ2v) is 6.26. The number of hydrogen-bond donors (Lipinski definition) is 1. The van der Waals surface area contributed by atoms with E-state index >= 15 is 0 Å². The number of rotatable bonds is 6. The highest BCUT2D eigenvalue weighted by molar-refractivity contribution is 6.31. The Morgan fingerprint density at radius 2 is 1.96 bits per heavy atom. The first-order valence-corrected chi connectivity index (χ1v) is 8.73. The minimum Gasteiger partial charge on any atom is -0.322 e. The smallest absolute Gasteiger partial charge is 0.322 e. The van der Waals surface area contributed by atoms with E-state index in [0.717, 1.165) is 31.6 Å². The van der Waals surface area contributed by atoms with Crippen molar-refractivity contribution in [3.05, 3.63) is 44.1 Å². The summed E-state index contributed by atoms with van der Waals surface area (Å²) in [5.74, 6) is 0.308. The molecule has 0 aromatic heterocycles. The maximum Gasteiger partial charge on any atom is 0.349 e. The first-order chi connectivity index (χ1) is 12.0. The maximum absolute atomic E-state index is 12.1. The van der Waals surface area contributed by atoms with Crippen LogP contribution in [0.3, 0.4) is 0 Å². The molecule has 1 aromatic carbocycles. The van der Waals surface area contributed by atoms with Crippen molar-refractivity contribution in [1.82, 2.24) is 24.4 Å². The van der Waals surface area contributed by atoms with Crippen LogP contribution in [0.5, 0.6) is 0 Å². The quantitative estimate of drug-likeness (QED) is 0.678. The van der Waals surface area contributed by atoms with Gasteiger partial charge in [0, 0.05) is 11.6 Å². The van der Waals surface area contributed by atoms with Gasteiger partial charge in [0.2, 0.25) is 0 Å². The fourth-order valence-electron chi connectivity index (χ4n) is 2.99. The molecule has 0 saturated carbocycles. The summed E-state index contributed by atoms with van der Waals surface area (Å²) < 4.78 is 1.88. The van der Waals surface area contributed by atoms with Gasteiger partial charge in [-0.1, -0.05) is 25.4 Å². The Morgan fingerprint density at radius 3 is 2.68 bits per heavy atom. The van der Waals surface area contributed by atoms with Gasteiger partial charge in [0.25, 0.3) is 5.56 Å². The average molecular weight is 362 g/mol. The molecule has 7 nitrogen and oxygen atoms in total. The number of halogens is 1. The number of aromatic nitrogens is 4. The Hall–Kier alpha value is -2.25. The van der Waals surface area contributed by atoms with Crippen molar-refractivity contribution < 1.29 is 0 Å². The maximum atomic E-state index is 12.1. The molecule has 1 N–H and O–H groups in total. The highest BCUT2D eigenvalue weighted by atomic mass is 35.5. The number of hydrogen-bond acceptors (Lipinski definition) is 5. The first-order valence-electron chi connectivity index (χ1n) is 8.36. The molecule has 0 unspecified atom stereocenters. The Balaban J connectivity index is 2.12. The number of aromatic amines is 1. The highest BCUT2D eigenvalue weighted by Crippen LogP contribution is 2.23. The lowest BCUT2D eigenvalue weighted by Gasteiger charge is -2.20. The summed E-state index contributed by atoms with van der Waals surface area (Å²) in [6, 6.07) is 5.32. The van der Waals surface area contributed by atoms with Gasteiger partial charge in [-0.3, -0.25) is 9.78 Å². The predicted molar refractivity (Wildman–Crippen MR) is 98.5 cm³/mol. The third-order valence-corrected chi connectivity index (χ3v) is 4.56. The van der Waals surface area contributed by atoms with Crippen LogP contribution in [0.1, 0.15) is 20.3 Å². The number of H-pyrrole nitrogens is 1. The van der Waals surface area contributed by atoms with Crippen LogP contribution in [0.4, 0.5) is 0 Å². The Bertz CT molecular complexity index is 977. The van der Waals surface area contributed by atoms with E-state index in [-0.39, 0.29) is 5.69 Å². The molecule has 8 heteroatoms. The fourth-order valence-corrected chi connectivity index (χ4v) is 3.16. The number of nitrogens with one attached hydrogen (secondary N) is 1. The minimum absolute atomic E-state index is 0.150. The van der Waals surface area contributed by atoms with Crippen LogP contribution in [-0.4, -0.2) is 44.1 Å². The van der Waals surface area contributed by atoms with E-state index in [0.29, 0.717) is 22.9 Å². The Kier molecular flexibility index (Phi) is 5.15. The predicted octanol–water partition coefficient (Wildman–Crippen LogP) is 1.97. The summed E-state index contributed by atoms with van der Waals surface area (Å²) in [5, 5.41) is 0.541. The van der Waals surface area contributed by atoms with E-state index in [1.165, 1.54) is 0 Å². The van der Waals surface area contributed by atoms with Crippen LogP contribution in [0.2, 0.25) is 5.02 Å². The second kappa shape index (κ2) is 7.33. The number of benzene rings is 1. The standard InChI is InChI=1S/C17H20ClN5O2/c1-3-22(4-2)8-5-9-23-13-7-6-11(18)10-12(13)19-14-15(23)20-17(25)21-16(14)24/h6-7,10H,3-5,8-9H2,1-2H3,(H,21,24,25). The number of aryl methyl sites for hydroxylation is 1. The fraction of sp³-hybridized carbons (Fsp3) is 0.412. The van der Waals surface area contributed by atoms with Gasteiger partial charge in [-0.15, -0.1) is 0 Å². The molecule has 132 valence electrons. The minimum atomic E-state index is -0.662. The van der Waals surface area contributed by atoms with Crippen molar-refractivity contribution >= 4 is 22.6 Å². The molecule has 0 atom stereocenters. The van der Waals surface area contributed by atoms with Gasteiger partial charge < -0.3 is 9.47 Å². The van der Waals surface area contributed by atoms with Crippen LogP contribution in [0.25, 0.3) is 22.6 Å². The van der Waals surface area contributed by atoms with E-state index in [2.05, 4.69) is 33.7 Å². The van der Waals surface area contributed by atoms with Gasteiger partial charge >= 0.3 is 5.69 Å². The zero-order chi connectivity index (χ0) is 18.0. The van der Waals surface area contributed by atoms with Crippen LogP contribution in [0, 0.1) is 0 Å². The van der Waals surface area contributed by atoms with Crippen molar-refractivity contribution in [2.45, 2.75) is 26.8 Å². The van der Waals surface area contributed by atoms with Crippen molar-refractivity contribution in [1.29, 1.82) is 0 Å². The molecule has 0 fully saturated rings. The molecule has 2 heterocycles. The first kappa shape index (κ1) is 17.6. The average Bonchev–Trinajstić information content (AvgIpc) is 2.58. The molecule has 2 aliphatic rings. The van der Waals surface area contributed by atoms with Crippen molar-refractivity contribution in [3.8, 4) is 11.5 Å². The molecule has 0 bridgehead atoms. The summed E-state index contributed by atoms with van der Waals surface area (Å²) in [6.45, 7) is 7.77. The molecule has 0 amide bonds. The summed E-state index contributed by atoms with van der Waals surface area (Å²) in [4.78, 5) is 36.7. The molecule has 25 heavy (non-hydrogen) atoms. The molecular weight excluding hydrogens is 342 g/mol. The van der Waals surface area contributed by atoms with Gasteiger partial charge in [0.1, 0.15) is 0 Å². The van der Waals surface area contributed by atoms with Crippen molar-refractivity contribution in [2.24, 2.45) is 0 Å². The lowest BCUT2D eigenvalue weighted by molar-refractivity contribution is 0.294. The Labute approximate surface area is 149 Å². The molecule has 1 aromatic rings. The summed E-state index contributed by atoms with van der Waals surface area (Å²) in [7, 11) is 0. The molecule has 3 rings (SSSR count). The largest absolute Gasteiger partial charge is 0.349 e. The molecular formula is C17H20ClN5O2. The summed E-state index contributed by atoms with van der Waals surface area (Å²) >= 11 is 6.06. The van der Waals surface area contributed by atoms with Gasteiger partial charge in [-0.05, 0) is 44.3 Å². The van der Waals surface area contributed by atoms with E-state index in [9.17, 15) is 9.59 Å². The zero-order valence-electron chi connectivity index (χ0n) is 14.3. The number of fused-ring (bicyclic) bond motifs is 2. The number of nitrogens with zero attached hydrogens (tertiary/aromatic N) is 4. The second-order valence-electron chi connectivity index (χ2n) is 5.82. The van der Waals surface area contributed by atoms with Crippen LogP contribution in [0.15, 0.2) is 27.8 Å². The van der Waals surface area contributed by atoms with Crippen LogP contribution in [-0.2, 0) is 6.54 Å². The van der Waals surface area contributed by atoms with Crippen molar-refractivity contribution in [3.63, 3.8) is 0 Å². The highest BCUT2D eigenvalue weighted by Gasteiger charge is 2.18. The van der Waals surface area contributed by atoms with E-state index in [1.807, 2.05) is 10.6 Å². The van der Waals surface area contributed by atoms with Gasteiger partial charge in [0.15, 0.2) is 11.5 Å². The lowest BCUT2D eigenvalue weighted by atomic mass is 10.2. The van der Waals surface area contributed by atoms with Gasteiger partial charge in [0.05, 0.1) is 11.0 Å². The Morgan fingerprint density at radius 1 is 1.20 bits per heavy atom. The topological polar surface area (TPSA) is 83.9 Å². The monoisotopic (exact) mass is 361 g/mol. The van der Waals surface area contributed by atoms with E-state index < -0.39 is 11.2 Å². The molecule has 0 spiro atoms. The van der Waals surface area contributed by atoms with Gasteiger partial charge in [-0.2, -0.15) is 4.98 Å². The van der Waals surface area contributed by atoms with Crippen LogP contribution < -0.4 is 11.2 Å². The normalized spacial score (nSPS) is 11.7. The third kappa shape index (κ3) is 3.57. The molecule has 0 aliphatic carbocycles. The summed E-state index contributed by atoms with van der Waals surface area (Å²) in [6.07, 6.45) is 0.867. The zero-order valence-corrected chi connectivity index (χ0v) is 15.0. The molecule has 0 radical (unpaired) electrons. The van der Waals surface area contributed by atoms with Crippen molar-refractivity contribution in [2.75, 3.05) is 19.6 Å². The van der Waals surface area contributed by atoms with Crippen LogP contribution >= 0.6 is 11.6 Å². The lowest BCUT2D eigenvalue weighted by Crippen LogP contribution is -2.29. The summed E-state index contributed by atoms with van der Waals surface area (Å²) in [5.41, 5.74) is 0.361. The van der Waals surface area contributed by atoms with Gasteiger partial charge in [-0.25, -0.2) is 9.78 Å². The van der Waals surface area contributed by atoms with E-state index in [4.69, 9.17) is 11.6 Å². The molecule has 0 saturated heterocycles.